The van der Waals surface area contributed by atoms with Crippen LogP contribution >= 0.6 is 11.3 Å². The number of tetrazole rings is 1. The molecule has 0 aromatic carbocycles. The second-order valence-electron chi connectivity index (χ2n) is 5.83. The first kappa shape index (κ1) is 15.4. The molecule has 0 saturated carbocycles. The number of nitrogens with one attached hydrogen (secondary N) is 1. The summed E-state index contributed by atoms with van der Waals surface area (Å²) in [7, 11) is 0. The van der Waals surface area contributed by atoms with Gasteiger partial charge in [0.05, 0.1) is 18.8 Å². The van der Waals surface area contributed by atoms with E-state index >= 15 is 0 Å². The summed E-state index contributed by atoms with van der Waals surface area (Å²) >= 11 is 1.78. The minimum absolute atomic E-state index is 0.261. The highest BCUT2D eigenvalue weighted by Crippen LogP contribution is 2.27. The standard InChI is InChI=1S/C15H19N7OS/c1-11-10-21(6-7-23-11)12(13-3-2-8-24-13)9-16-14-4-5-15-17-19-20-22(15)18-14/h2-5,8,11-12H,6-7,9-10H2,1H3,(H,16,18)/t11-,12-/m1/s1. The topological polar surface area (TPSA) is 80.5 Å². The first-order chi connectivity index (χ1) is 11.8. The van der Waals surface area contributed by atoms with E-state index in [1.54, 1.807) is 11.3 Å². The van der Waals surface area contributed by atoms with Gasteiger partial charge in [0.1, 0.15) is 5.82 Å². The van der Waals surface area contributed by atoms with Crippen LogP contribution in [0.1, 0.15) is 17.8 Å². The summed E-state index contributed by atoms with van der Waals surface area (Å²) < 4.78 is 7.11. The average Bonchev–Trinajstić information content (AvgIpc) is 3.26. The molecule has 4 rings (SSSR count). The fourth-order valence-corrected chi connectivity index (χ4v) is 3.82. The summed E-state index contributed by atoms with van der Waals surface area (Å²) in [5, 5.41) is 21.2. The van der Waals surface area contributed by atoms with Crippen LogP contribution in [0.15, 0.2) is 29.6 Å². The van der Waals surface area contributed by atoms with Gasteiger partial charge in [-0.3, -0.25) is 4.90 Å². The normalized spacial score (nSPS) is 20.3. The summed E-state index contributed by atoms with van der Waals surface area (Å²) in [6, 6.07) is 8.34. The smallest absolute Gasteiger partial charge is 0.200 e. The predicted octanol–water partition coefficient (Wildman–Crippen LogP) is 1.45. The Morgan fingerprint density at radius 1 is 1.42 bits per heavy atom. The largest absolute Gasteiger partial charge is 0.376 e. The Hall–Kier alpha value is -2.10. The molecule has 24 heavy (non-hydrogen) atoms. The summed E-state index contributed by atoms with van der Waals surface area (Å²) in [5.41, 5.74) is 0.636. The molecule has 0 aliphatic carbocycles. The zero-order valence-electron chi connectivity index (χ0n) is 13.4. The Bertz CT molecular complexity index is 790. The third-order valence-corrected chi connectivity index (χ3v) is 5.10. The van der Waals surface area contributed by atoms with Crippen LogP contribution in [0.2, 0.25) is 0 Å². The van der Waals surface area contributed by atoms with E-state index in [4.69, 9.17) is 4.74 Å². The molecular formula is C15H19N7OS. The Labute approximate surface area is 143 Å². The molecule has 0 spiro atoms. The van der Waals surface area contributed by atoms with E-state index in [9.17, 15) is 0 Å². The predicted molar refractivity (Wildman–Crippen MR) is 91.1 cm³/mol. The lowest BCUT2D eigenvalue weighted by molar-refractivity contribution is -0.0322. The van der Waals surface area contributed by atoms with Crippen LogP contribution in [0.3, 0.4) is 0 Å². The van der Waals surface area contributed by atoms with Crippen molar-refractivity contribution in [2.24, 2.45) is 0 Å². The second kappa shape index (κ2) is 6.80. The van der Waals surface area contributed by atoms with E-state index in [0.29, 0.717) is 11.7 Å². The fourth-order valence-electron chi connectivity index (χ4n) is 2.96. The average molecular weight is 345 g/mol. The van der Waals surface area contributed by atoms with Crippen LogP contribution in [0, 0.1) is 0 Å². The quantitative estimate of drug-likeness (QED) is 0.750. The first-order valence-corrected chi connectivity index (χ1v) is 8.86. The van der Waals surface area contributed by atoms with E-state index < -0.39 is 0 Å². The minimum Gasteiger partial charge on any atom is -0.376 e. The third kappa shape index (κ3) is 3.23. The highest BCUT2D eigenvalue weighted by Gasteiger charge is 2.26. The molecule has 1 saturated heterocycles. The first-order valence-electron chi connectivity index (χ1n) is 7.98. The Morgan fingerprint density at radius 3 is 3.21 bits per heavy atom. The molecule has 2 atom stereocenters. The molecule has 3 aromatic heterocycles. The fraction of sp³-hybridized carbons (Fsp3) is 0.467. The lowest BCUT2D eigenvalue weighted by Gasteiger charge is -2.37. The van der Waals surface area contributed by atoms with Crippen LogP contribution in [0.5, 0.6) is 0 Å². The third-order valence-electron chi connectivity index (χ3n) is 4.13. The van der Waals surface area contributed by atoms with Gasteiger partial charge in [-0.2, -0.15) is 0 Å². The lowest BCUT2D eigenvalue weighted by atomic mass is 10.1. The zero-order valence-corrected chi connectivity index (χ0v) is 14.2. The number of thiophene rings is 1. The second-order valence-corrected chi connectivity index (χ2v) is 6.81. The molecule has 1 aliphatic heterocycles. The Kier molecular flexibility index (Phi) is 4.37. The van der Waals surface area contributed by atoms with E-state index in [2.05, 4.69) is 55.3 Å². The minimum atomic E-state index is 0.261. The van der Waals surface area contributed by atoms with Crippen molar-refractivity contribution in [3.05, 3.63) is 34.5 Å². The molecule has 1 aliphatic rings. The van der Waals surface area contributed by atoms with E-state index in [0.717, 1.165) is 32.1 Å². The van der Waals surface area contributed by atoms with E-state index in [-0.39, 0.29) is 6.10 Å². The van der Waals surface area contributed by atoms with Crippen molar-refractivity contribution in [3.63, 3.8) is 0 Å². The van der Waals surface area contributed by atoms with Crippen molar-refractivity contribution >= 4 is 22.8 Å². The highest BCUT2D eigenvalue weighted by molar-refractivity contribution is 7.10. The summed E-state index contributed by atoms with van der Waals surface area (Å²) in [6.45, 7) is 5.54. The van der Waals surface area contributed by atoms with Gasteiger partial charge in [-0.1, -0.05) is 6.07 Å². The van der Waals surface area contributed by atoms with Crippen LogP contribution < -0.4 is 5.32 Å². The van der Waals surface area contributed by atoms with Crippen molar-refractivity contribution in [1.82, 2.24) is 30.2 Å². The van der Waals surface area contributed by atoms with Crippen molar-refractivity contribution in [1.29, 1.82) is 0 Å². The van der Waals surface area contributed by atoms with Gasteiger partial charge in [-0.15, -0.1) is 26.2 Å². The highest BCUT2D eigenvalue weighted by atomic mass is 32.1. The van der Waals surface area contributed by atoms with Crippen LogP contribution in [-0.4, -0.2) is 62.5 Å². The number of aromatic nitrogens is 5. The molecular weight excluding hydrogens is 326 g/mol. The van der Waals surface area contributed by atoms with Crippen LogP contribution in [0.25, 0.3) is 5.65 Å². The maximum Gasteiger partial charge on any atom is 0.200 e. The molecule has 0 amide bonds. The number of hydrogen-bond acceptors (Lipinski definition) is 8. The SMILES string of the molecule is C[C@@H]1CN([C@H](CNc2ccc3nnnn3n2)c2cccs2)CCO1. The molecule has 0 bridgehead atoms. The van der Waals surface area contributed by atoms with Crippen molar-refractivity contribution in [3.8, 4) is 0 Å². The number of ether oxygens (including phenoxy) is 1. The number of morpholine rings is 1. The van der Waals surface area contributed by atoms with E-state index in [1.807, 2.05) is 12.1 Å². The van der Waals surface area contributed by atoms with Gasteiger partial charge >= 0.3 is 0 Å². The van der Waals surface area contributed by atoms with E-state index in [1.165, 1.54) is 9.51 Å². The maximum absolute atomic E-state index is 5.68. The van der Waals surface area contributed by atoms with Gasteiger partial charge in [0.25, 0.3) is 0 Å². The lowest BCUT2D eigenvalue weighted by Crippen LogP contribution is -2.44. The van der Waals surface area contributed by atoms with Crippen molar-refractivity contribution in [2.75, 3.05) is 31.6 Å². The molecule has 9 heteroatoms. The summed E-state index contributed by atoms with van der Waals surface area (Å²) in [5.74, 6) is 0.762. The van der Waals surface area contributed by atoms with Gasteiger partial charge in [0, 0.05) is 24.5 Å². The van der Waals surface area contributed by atoms with Gasteiger partial charge in [0.15, 0.2) is 5.65 Å². The molecule has 0 unspecified atom stereocenters. The van der Waals surface area contributed by atoms with Crippen molar-refractivity contribution < 1.29 is 4.74 Å². The van der Waals surface area contributed by atoms with Gasteiger partial charge in [-0.25, -0.2) is 0 Å². The van der Waals surface area contributed by atoms with Gasteiger partial charge < -0.3 is 10.1 Å². The van der Waals surface area contributed by atoms with Crippen LogP contribution in [-0.2, 0) is 4.74 Å². The molecule has 126 valence electrons. The zero-order chi connectivity index (χ0) is 16.4. The summed E-state index contributed by atoms with van der Waals surface area (Å²) in [4.78, 5) is 3.82. The molecule has 0 radical (unpaired) electrons. The molecule has 8 nitrogen and oxygen atoms in total. The Balaban J connectivity index is 1.51. The monoisotopic (exact) mass is 345 g/mol. The number of fused-ring (bicyclic) bond motifs is 1. The van der Waals surface area contributed by atoms with Crippen molar-refractivity contribution in [2.45, 2.75) is 19.1 Å². The molecule has 1 N–H and O–H groups in total. The summed E-state index contributed by atoms with van der Waals surface area (Å²) in [6.07, 6.45) is 0.261. The number of rotatable bonds is 5. The van der Waals surface area contributed by atoms with Gasteiger partial charge in [0.2, 0.25) is 0 Å². The number of hydrogen-bond donors (Lipinski definition) is 1. The maximum atomic E-state index is 5.68. The molecule has 3 aromatic rings. The number of nitrogens with zero attached hydrogens (tertiary/aromatic N) is 6. The number of anilines is 1. The molecule has 1 fully saturated rings. The van der Waals surface area contributed by atoms with Gasteiger partial charge in [-0.05, 0) is 40.9 Å². The Morgan fingerprint density at radius 2 is 2.38 bits per heavy atom. The molecule has 4 heterocycles. The van der Waals surface area contributed by atoms with Crippen LogP contribution in [0.4, 0.5) is 5.82 Å².